The van der Waals surface area contributed by atoms with Gasteiger partial charge in [-0.1, -0.05) is 24.3 Å². The lowest BCUT2D eigenvalue weighted by Crippen LogP contribution is -2.49. The molecule has 1 aromatic heterocycles. The molecule has 1 aliphatic rings. The van der Waals surface area contributed by atoms with Gasteiger partial charge in [0.05, 0.1) is 17.8 Å². The van der Waals surface area contributed by atoms with E-state index in [9.17, 15) is 14.0 Å². The summed E-state index contributed by atoms with van der Waals surface area (Å²) < 4.78 is 25.1. The zero-order chi connectivity index (χ0) is 19.0. The second kappa shape index (κ2) is 6.60. The molecule has 1 atom stereocenters. The van der Waals surface area contributed by atoms with E-state index in [-0.39, 0.29) is 23.6 Å². The first-order valence-electron chi connectivity index (χ1n) is 8.26. The van der Waals surface area contributed by atoms with Gasteiger partial charge in [-0.15, -0.1) is 0 Å². The SMILES string of the molecule is NC(=O)C1CN(C(=O)c2ccc(-c3ccccc3F)o2)c2ccccc2O1. The molecule has 0 bridgehead atoms. The van der Waals surface area contributed by atoms with Gasteiger partial charge in [0.2, 0.25) is 0 Å². The van der Waals surface area contributed by atoms with E-state index in [0.29, 0.717) is 11.4 Å². The van der Waals surface area contributed by atoms with Crippen molar-refractivity contribution in [3.8, 4) is 17.1 Å². The van der Waals surface area contributed by atoms with E-state index in [0.717, 1.165) is 0 Å². The summed E-state index contributed by atoms with van der Waals surface area (Å²) >= 11 is 0. The van der Waals surface area contributed by atoms with Crippen molar-refractivity contribution in [1.29, 1.82) is 0 Å². The minimum atomic E-state index is -0.968. The van der Waals surface area contributed by atoms with Gasteiger partial charge in [-0.2, -0.15) is 0 Å². The Morgan fingerprint density at radius 1 is 1.04 bits per heavy atom. The number of carbonyl (C=O) groups is 2. The third-order valence-electron chi connectivity index (χ3n) is 4.29. The Labute approximate surface area is 153 Å². The van der Waals surface area contributed by atoms with Gasteiger partial charge in [0.25, 0.3) is 11.8 Å². The molecule has 136 valence electrons. The summed E-state index contributed by atoms with van der Waals surface area (Å²) in [5, 5.41) is 0. The van der Waals surface area contributed by atoms with Crippen molar-refractivity contribution in [2.45, 2.75) is 6.10 Å². The van der Waals surface area contributed by atoms with E-state index in [1.54, 1.807) is 42.5 Å². The quantitative estimate of drug-likeness (QED) is 0.772. The van der Waals surface area contributed by atoms with Crippen molar-refractivity contribution in [3.05, 3.63) is 72.2 Å². The number of carbonyl (C=O) groups excluding carboxylic acids is 2. The zero-order valence-electron chi connectivity index (χ0n) is 14.1. The molecule has 2 heterocycles. The molecular formula is C20H15FN2O4. The number of hydrogen-bond donors (Lipinski definition) is 1. The van der Waals surface area contributed by atoms with Crippen LogP contribution in [0.4, 0.5) is 10.1 Å². The van der Waals surface area contributed by atoms with Crippen LogP contribution in [0.2, 0.25) is 0 Å². The van der Waals surface area contributed by atoms with Gasteiger partial charge in [-0.05, 0) is 36.4 Å². The maximum absolute atomic E-state index is 14.0. The van der Waals surface area contributed by atoms with Crippen molar-refractivity contribution in [2.75, 3.05) is 11.4 Å². The fourth-order valence-corrected chi connectivity index (χ4v) is 2.97. The smallest absolute Gasteiger partial charge is 0.294 e. The lowest BCUT2D eigenvalue weighted by molar-refractivity contribution is -0.124. The van der Waals surface area contributed by atoms with E-state index in [1.165, 1.54) is 23.1 Å². The minimum Gasteiger partial charge on any atom is -0.477 e. The lowest BCUT2D eigenvalue weighted by Gasteiger charge is -2.32. The Balaban J connectivity index is 1.69. The predicted molar refractivity (Wildman–Crippen MR) is 95.8 cm³/mol. The third-order valence-corrected chi connectivity index (χ3v) is 4.29. The Hall–Kier alpha value is -3.61. The number of nitrogens with zero attached hydrogens (tertiary/aromatic N) is 1. The first kappa shape index (κ1) is 16.8. The summed E-state index contributed by atoms with van der Waals surface area (Å²) in [5.41, 5.74) is 6.12. The van der Waals surface area contributed by atoms with Gasteiger partial charge < -0.3 is 14.9 Å². The highest BCUT2D eigenvalue weighted by molar-refractivity contribution is 6.06. The molecule has 2 amide bonds. The van der Waals surface area contributed by atoms with E-state index in [4.69, 9.17) is 14.9 Å². The average molecular weight is 366 g/mol. The van der Waals surface area contributed by atoms with Gasteiger partial charge in [0.15, 0.2) is 11.9 Å². The number of rotatable bonds is 3. The number of furan rings is 1. The van der Waals surface area contributed by atoms with Crippen LogP contribution in [0.5, 0.6) is 5.75 Å². The van der Waals surface area contributed by atoms with Crippen LogP contribution >= 0.6 is 0 Å². The van der Waals surface area contributed by atoms with Crippen molar-refractivity contribution < 1.29 is 23.1 Å². The van der Waals surface area contributed by atoms with E-state index in [1.807, 2.05) is 0 Å². The number of halogens is 1. The number of anilines is 1. The molecule has 3 aromatic rings. The molecule has 1 aliphatic heterocycles. The fraction of sp³-hybridized carbons (Fsp3) is 0.100. The monoisotopic (exact) mass is 366 g/mol. The maximum atomic E-state index is 14.0. The average Bonchev–Trinajstić information content (AvgIpc) is 3.16. The van der Waals surface area contributed by atoms with Crippen molar-refractivity contribution >= 4 is 17.5 Å². The molecule has 0 radical (unpaired) electrons. The Morgan fingerprint density at radius 2 is 1.78 bits per heavy atom. The van der Waals surface area contributed by atoms with Gasteiger partial charge in [-0.3, -0.25) is 14.5 Å². The van der Waals surface area contributed by atoms with Crippen LogP contribution < -0.4 is 15.4 Å². The molecule has 0 saturated carbocycles. The molecule has 4 rings (SSSR count). The predicted octanol–water partition coefficient (Wildman–Crippen LogP) is 2.98. The molecule has 0 fully saturated rings. The van der Waals surface area contributed by atoms with E-state index < -0.39 is 23.7 Å². The van der Waals surface area contributed by atoms with Crippen LogP contribution in [0.15, 0.2) is 65.1 Å². The molecular weight excluding hydrogens is 351 g/mol. The molecule has 0 aliphatic carbocycles. The largest absolute Gasteiger partial charge is 0.477 e. The standard InChI is InChI=1S/C20H15FN2O4/c21-13-6-2-1-5-12(13)15-9-10-17(26-15)20(25)23-11-18(19(22)24)27-16-8-4-3-7-14(16)23/h1-10,18H,11H2,(H2,22,24). The second-order valence-corrected chi connectivity index (χ2v) is 6.04. The van der Waals surface area contributed by atoms with Crippen molar-refractivity contribution in [3.63, 3.8) is 0 Å². The van der Waals surface area contributed by atoms with Crippen LogP contribution in [0.1, 0.15) is 10.6 Å². The topological polar surface area (TPSA) is 85.8 Å². The van der Waals surface area contributed by atoms with E-state index >= 15 is 0 Å². The number of para-hydroxylation sites is 2. The van der Waals surface area contributed by atoms with Crippen LogP contribution in [-0.4, -0.2) is 24.5 Å². The highest BCUT2D eigenvalue weighted by Crippen LogP contribution is 2.34. The second-order valence-electron chi connectivity index (χ2n) is 6.04. The molecule has 1 unspecified atom stereocenters. The van der Waals surface area contributed by atoms with Gasteiger partial charge >= 0.3 is 0 Å². The van der Waals surface area contributed by atoms with Crippen LogP contribution in [0.3, 0.4) is 0 Å². The highest BCUT2D eigenvalue weighted by Gasteiger charge is 2.34. The van der Waals surface area contributed by atoms with Crippen LogP contribution in [0, 0.1) is 5.82 Å². The molecule has 0 spiro atoms. The summed E-state index contributed by atoms with van der Waals surface area (Å²) in [6.07, 6.45) is -0.968. The molecule has 6 nitrogen and oxygen atoms in total. The molecule has 2 N–H and O–H groups in total. The fourth-order valence-electron chi connectivity index (χ4n) is 2.97. The van der Waals surface area contributed by atoms with Crippen molar-refractivity contribution in [2.24, 2.45) is 5.73 Å². The number of amides is 2. The Morgan fingerprint density at radius 3 is 2.56 bits per heavy atom. The number of ether oxygens (including phenoxy) is 1. The summed E-state index contributed by atoms with van der Waals surface area (Å²) in [6.45, 7) is -0.0408. The van der Waals surface area contributed by atoms with Gasteiger partial charge in [0, 0.05) is 0 Å². The number of benzene rings is 2. The zero-order valence-corrected chi connectivity index (χ0v) is 14.1. The number of primary amides is 1. The number of fused-ring (bicyclic) bond motifs is 1. The summed E-state index contributed by atoms with van der Waals surface area (Å²) in [6, 6.07) is 16.0. The van der Waals surface area contributed by atoms with Crippen molar-refractivity contribution in [1.82, 2.24) is 0 Å². The number of nitrogens with two attached hydrogens (primary N) is 1. The minimum absolute atomic E-state index is 0.0215. The Kier molecular flexibility index (Phi) is 4.12. The first-order chi connectivity index (χ1) is 13.0. The van der Waals surface area contributed by atoms with Gasteiger partial charge in [-0.25, -0.2) is 4.39 Å². The van der Waals surface area contributed by atoms with Gasteiger partial charge in [0.1, 0.15) is 17.3 Å². The third kappa shape index (κ3) is 3.03. The molecule has 2 aromatic carbocycles. The maximum Gasteiger partial charge on any atom is 0.294 e. The normalized spacial score (nSPS) is 15.7. The van der Waals surface area contributed by atoms with Crippen LogP contribution in [0.25, 0.3) is 11.3 Å². The highest BCUT2D eigenvalue weighted by atomic mass is 19.1. The lowest BCUT2D eigenvalue weighted by atomic mass is 10.1. The van der Waals surface area contributed by atoms with Crippen LogP contribution in [-0.2, 0) is 4.79 Å². The van der Waals surface area contributed by atoms with E-state index in [2.05, 4.69) is 0 Å². The summed E-state index contributed by atoms with van der Waals surface area (Å²) in [5.74, 6) is -0.954. The molecule has 27 heavy (non-hydrogen) atoms. The summed E-state index contributed by atoms with van der Waals surface area (Å²) in [7, 11) is 0. The molecule has 7 heteroatoms. The summed E-state index contributed by atoms with van der Waals surface area (Å²) in [4.78, 5) is 26.0. The first-order valence-corrected chi connectivity index (χ1v) is 8.26. The Bertz CT molecular complexity index is 1030. The molecule has 0 saturated heterocycles. The number of hydrogen-bond acceptors (Lipinski definition) is 4.